The van der Waals surface area contributed by atoms with Crippen molar-refractivity contribution in [3.8, 4) is 0 Å². The number of nitrogens with zero attached hydrogens (tertiary/aromatic N) is 1. The normalized spacial score (nSPS) is 26.4. The first-order valence-electron chi connectivity index (χ1n) is 12.8. The van der Waals surface area contributed by atoms with E-state index in [0.29, 0.717) is 37.3 Å². The van der Waals surface area contributed by atoms with Crippen LogP contribution in [0, 0.1) is 17.7 Å². The Morgan fingerprint density at radius 3 is 2.23 bits per heavy atom. The van der Waals surface area contributed by atoms with E-state index in [1.165, 1.54) is 19.1 Å². The van der Waals surface area contributed by atoms with Crippen molar-refractivity contribution in [3.05, 3.63) is 82.3 Å². The maximum absolute atomic E-state index is 13.8. The number of hydrogen-bond donors (Lipinski definition) is 1. The number of hydrogen-bond acceptors (Lipinski definition) is 5. The van der Waals surface area contributed by atoms with E-state index in [9.17, 15) is 35.5 Å². The standard InChI is InChI=1S/C28H27F7N2O3/c1-15(17-6-19(27(30,31)32)8-20(7-17)28(33,34)35)40-26-25(16-2-4-21(29)5-3-16)24-13-37(12-18(24)14-39-26)22-9-23(38)11-36-10-22/h2-9,15,18,24-26,36H,10-14H2,1H3/t15-,18+,24?,25+,26-/m1/s1. The fraction of sp³-hybridized carbons (Fsp3) is 0.464. The zero-order valence-corrected chi connectivity index (χ0v) is 21.4. The molecule has 0 aliphatic carbocycles. The predicted molar refractivity (Wildman–Crippen MR) is 129 cm³/mol. The summed E-state index contributed by atoms with van der Waals surface area (Å²) in [5, 5.41) is 3.06. The molecule has 3 heterocycles. The summed E-state index contributed by atoms with van der Waals surface area (Å²) in [5.41, 5.74) is -1.65. The molecule has 3 aliphatic heterocycles. The van der Waals surface area contributed by atoms with Crippen molar-refractivity contribution in [3.63, 3.8) is 0 Å². The van der Waals surface area contributed by atoms with Crippen LogP contribution in [0.1, 0.15) is 41.2 Å². The number of rotatable bonds is 5. The van der Waals surface area contributed by atoms with E-state index < -0.39 is 47.6 Å². The maximum Gasteiger partial charge on any atom is 0.416 e. The van der Waals surface area contributed by atoms with Gasteiger partial charge in [0.15, 0.2) is 12.1 Å². The van der Waals surface area contributed by atoms with E-state index in [4.69, 9.17) is 9.47 Å². The van der Waals surface area contributed by atoms with Crippen molar-refractivity contribution in [2.24, 2.45) is 11.8 Å². The molecular weight excluding hydrogens is 545 g/mol. The van der Waals surface area contributed by atoms with Crippen LogP contribution in [0.2, 0.25) is 0 Å². The smallest absolute Gasteiger partial charge is 0.373 e. The lowest BCUT2D eigenvalue weighted by atomic mass is 9.77. The summed E-state index contributed by atoms with van der Waals surface area (Å²) in [4.78, 5) is 14.0. The molecule has 1 N–H and O–H groups in total. The molecule has 40 heavy (non-hydrogen) atoms. The molecule has 2 fully saturated rings. The molecule has 5 nitrogen and oxygen atoms in total. The number of ketones is 1. The number of carbonyl (C=O) groups excluding carboxylic acids is 1. The molecule has 1 unspecified atom stereocenters. The van der Waals surface area contributed by atoms with Gasteiger partial charge in [-0.05, 0) is 54.3 Å². The number of nitrogens with one attached hydrogen (secondary N) is 1. The van der Waals surface area contributed by atoms with Crippen molar-refractivity contribution in [1.82, 2.24) is 10.2 Å². The average molecular weight is 573 g/mol. The fourth-order valence-electron chi connectivity index (χ4n) is 5.75. The first-order chi connectivity index (χ1) is 18.8. The van der Waals surface area contributed by atoms with Crippen LogP contribution in [0.25, 0.3) is 0 Å². The van der Waals surface area contributed by atoms with Crippen molar-refractivity contribution in [1.29, 1.82) is 0 Å². The number of fused-ring (bicyclic) bond motifs is 1. The minimum absolute atomic E-state index is 0.00790. The lowest BCUT2D eigenvalue weighted by Crippen LogP contribution is -2.42. The fourth-order valence-corrected chi connectivity index (χ4v) is 5.75. The van der Waals surface area contributed by atoms with E-state index in [-0.39, 0.29) is 42.4 Å². The molecule has 3 aliphatic rings. The zero-order valence-electron chi connectivity index (χ0n) is 21.4. The molecule has 5 atom stereocenters. The summed E-state index contributed by atoms with van der Waals surface area (Å²) < 4.78 is 106. The average Bonchev–Trinajstić information content (AvgIpc) is 3.32. The van der Waals surface area contributed by atoms with Gasteiger partial charge < -0.3 is 19.7 Å². The maximum atomic E-state index is 13.8. The molecule has 0 radical (unpaired) electrons. The second-order valence-corrected chi connectivity index (χ2v) is 10.4. The topological polar surface area (TPSA) is 50.8 Å². The minimum atomic E-state index is -4.99. The molecule has 216 valence electrons. The van der Waals surface area contributed by atoms with E-state index in [0.717, 1.165) is 5.70 Å². The van der Waals surface area contributed by atoms with Crippen LogP contribution in [0.5, 0.6) is 0 Å². The van der Waals surface area contributed by atoms with Gasteiger partial charge in [0.05, 0.1) is 30.4 Å². The van der Waals surface area contributed by atoms with Gasteiger partial charge in [0, 0.05) is 43.2 Å². The number of carbonyl (C=O) groups is 1. The van der Waals surface area contributed by atoms with Crippen LogP contribution >= 0.6 is 0 Å². The number of ether oxygens (including phenoxy) is 2. The van der Waals surface area contributed by atoms with Gasteiger partial charge in [-0.1, -0.05) is 12.1 Å². The van der Waals surface area contributed by atoms with Gasteiger partial charge in [0.2, 0.25) is 0 Å². The van der Waals surface area contributed by atoms with Gasteiger partial charge in [-0.15, -0.1) is 0 Å². The first-order valence-corrected chi connectivity index (χ1v) is 12.8. The second-order valence-electron chi connectivity index (χ2n) is 10.4. The largest absolute Gasteiger partial charge is 0.416 e. The van der Waals surface area contributed by atoms with Gasteiger partial charge in [0.1, 0.15) is 5.82 Å². The van der Waals surface area contributed by atoms with Crippen molar-refractivity contribution >= 4 is 5.78 Å². The third-order valence-corrected chi connectivity index (χ3v) is 7.73. The van der Waals surface area contributed by atoms with E-state index >= 15 is 0 Å². The van der Waals surface area contributed by atoms with Crippen LogP contribution in [-0.4, -0.2) is 49.8 Å². The van der Waals surface area contributed by atoms with E-state index in [2.05, 4.69) is 10.2 Å². The molecule has 0 saturated carbocycles. The van der Waals surface area contributed by atoms with E-state index in [1.54, 1.807) is 18.2 Å². The lowest BCUT2D eigenvalue weighted by molar-refractivity contribution is -0.217. The third kappa shape index (κ3) is 6.03. The van der Waals surface area contributed by atoms with Crippen LogP contribution in [0.4, 0.5) is 30.7 Å². The molecule has 12 heteroatoms. The van der Waals surface area contributed by atoms with Crippen LogP contribution in [0.15, 0.2) is 54.2 Å². The molecule has 2 saturated heterocycles. The molecule has 0 amide bonds. The lowest BCUT2D eigenvalue weighted by Gasteiger charge is -2.40. The molecular formula is C28H27F7N2O3. The Labute approximate surface area is 225 Å². The first kappa shape index (κ1) is 28.6. The SMILES string of the molecule is C[C@@H](O[C@H]1OC[C@@H]2CN(C3=CC(=O)CNC3)CC2[C@@H]1c1ccc(F)cc1)c1cc(C(F)(F)F)cc(C(F)(F)F)c1. The highest BCUT2D eigenvalue weighted by atomic mass is 19.4. The van der Waals surface area contributed by atoms with Crippen LogP contribution < -0.4 is 5.32 Å². The summed E-state index contributed by atoms with van der Waals surface area (Å²) in [5.74, 6) is -1.09. The summed E-state index contributed by atoms with van der Waals surface area (Å²) >= 11 is 0. The Kier molecular flexibility index (Phi) is 7.71. The molecule has 2 aromatic rings. The van der Waals surface area contributed by atoms with Gasteiger partial charge in [0.25, 0.3) is 0 Å². The van der Waals surface area contributed by atoms with Crippen LogP contribution in [0.3, 0.4) is 0 Å². The molecule has 2 aromatic carbocycles. The number of benzene rings is 2. The number of halogens is 7. The second kappa shape index (κ2) is 10.8. The van der Waals surface area contributed by atoms with Crippen molar-refractivity contribution < 1.29 is 45.0 Å². The van der Waals surface area contributed by atoms with Gasteiger partial charge in [-0.2, -0.15) is 26.3 Å². The highest BCUT2D eigenvalue weighted by Gasteiger charge is 2.48. The zero-order chi connectivity index (χ0) is 28.8. The van der Waals surface area contributed by atoms with E-state index in [1.807, 2.05) is 0 Å². The van der Waals surface area contributed by atoms with Gasteiger partial charge >= 0.3 is 12.4 Å². The highest BCUT2D eigenvalue weighted by molar-refractivity contribution is 5.92. The highest BCUT2D eigenvalue weighted by Crippen LogP contribution is 2.46. The van der Waals surface area contributed by atoms with Gasteiger partial charge in [-0.25, -0.2) is 4.39 Å². The Hall–Kier alpha value is -2.96. The molecule has 5 rings (SSSR count). The number of alkyl halides is 6. The molecule has 0 spiro atoms. The Morgan fingerprint density at radius 2 is 1.62 bits per heavy atom. The van der Waals surface area contributed by atoms with Crippen LogP contribution in [-0.2, 0) is 26.6 Å². The summed E-state index contributed by atoms with van der Waals surface area (Å²) in [7, 11) is 0. The Bertz CT molecular complexity index is 1240. The summed E-state index contributed by atoms with van der Waals surface area (Å²) in [6.45, 7) is 3.49. The summed E-state index contributed by atoms with van der Waals surface area (Å²) in [6, 6.07) is 7.08. The number of likely N-dealkylation sites (tertiary alicyclic amines) is 1. The van der Waals surface area contributed by atoms with Crippen molar-refractivity contribution in [2.75, 3.05) is 32.8 Å². The quantitative estimate of drug-likeness (QED) is 0.467. The monoisotopic (exact) mass is 572 g/mol. The predicted octanol–water partition coefficient (Wildman–Crippen LogP) is 5.69. The Morgan fingerprint density at radius 1 is 0.975 bits per heavy atom. The van der Waals surface area contributed by atoms with Gasteiger partial charge in [-0.3, -0.25) is 4.79 Å². The summed E-state index contributed by atoms with van der Waals surface area (Å²) in [6.07, 6.45) is -10.6. The third-order valence-electron chi connectivity index (χ3n) is 7.73. The van der Waals surface area contributed by atoms with Crippen molar-refractivity contribution in [2.45, 2.75) is 37.6 Å². The Balaban J connectivity index is 1.45. The molecule has 0 aromatic heterocycles. The minimum Gasteiger partial charge on any atom is -0.373 e. The molecule has 0 bridgehead atoms.